The fraction of sp³-hybridized carbons (Fsp3) is 0.600. The smallest absolute Gasteiger partial charge is 0.151 e. The van der Waals surface area contributed by atoms with Crippen LogP contribution in [0.3, 0.4) is 0 Å². The Morgan fingerprint density at radius 3 is 2.62 bits per heavy atom. The highest BCUT2D eigenvalue weighted by Crippen LogP contribution is 2.22. The van der Waals surface area contributed by atoms with Crippen LogP contribution in [-0.2, 0) is 9.84 Å². The predicted molar refractivity (Wildman–Crippen MR) is 82.5 cm³/mol. The van der Waals surface area contributed by atoms with E-state index < -0.39 is 15.9 Å². The summed E-state index contributed by atoms with van der Waals surface area (Å²) in [4.78, 5) is 0. The minimum atomic E-state index is -2.89. The molecule has 0 saturated carbocycles. The minimum Gasteiger partial charge on any atom is -0.490 e. The number of aryl methyl sites for hydroxylation is 2. The third-order valence-corrected chi connectivity index (χ3v) is 5.47. The Morgan fingerprint density at radius 1 is 1.38 bits per heavy atom. The summed E-state index contributed by atoms with van der Waals surface area (Å²) in [5, 5.41) is 13.0. The van der Waals surface area contributed by atoms with Gasteiger partial charge >= 0.3 is 0 Å². The van der Waals surface area contributed by atoms with Gasteiger partial charge in [-0.05, 0) is 31.4 Å². The van der Waals surface area contributed by atoms with E-state index in [1.54, 1.807) is 0 Å². The minimum absolute atomic E-state index is 0.0511. The summed E-state index contributed by atoms with van der Waals surface area (Å²) in [6, 6.07) is 5.85. The van der Waals surface area contributed by atoms with Crippen LogP contribution in [0.25, 0.3) is 0 Å². The van der Waals surface area contributed by atoms with Gasteiger partial charge in [0.05, 0.1) is 11.5 Å². The molecule has 0 spiro atoms. The number of benzene rings is 1. The maximum absolute atomic E-state index is 11.3. The summed E-state index contributed by atoms with van der Waals surface area (Å²) in [6.07, 6.45) is -0.0420. The van der Waals surface area contributed by atoms with E-state index in [0.29, 0.717) is 13.0 Å². The van der Waals surface area contributed by atoms with Crippen molar-refractivity contribution in [2.24, 2.45) is 0 Å². The van der Waals surface area contributed by atoms with Gasteiger partial charge in [-0.3, -0.25) is 0 Å². The quantitative estimate of drug-likeness (QED) is 0.813. The summed E-state index contributed by atoms with van der Waals surface area (Å²) >= 11 is 0. The first kappa shape index (κ1) is 16.3. The summed E-state index contributed by atoms with van der Waals surface area (Å²) in [6.45, 7) is 4.47. The second-order valence-corrected chi connectivity index (χ2v) is 7.92. The largest absolute Gasteiger partial charge is 0.490 e. The van der Waals surface area contributed by atoms with Gasteiger partial charge in [0.25, 0.3) is 0 Å². The standard InChI is InChI=1S/C15H23NO4S/c1-11-4-3-5-12(2)15(11)20-9-14(17)8-16-13-6-7-21(18,19)10-13/h3-5,13-14,16-17H,6-10H2,1-2H3. The van der Waals surface area contributed by atoms with Crippen LogP contribution in [0.5, 0.6) is 5.75 Å². The lowest BCUT2D eigenvalue weighted by molar-refractivity contribution is 0.103. The molecular formula is C15H23NO4S. The molecule has 0 radical (unpaired) electrons. The summed E-state index contributed by atoms with van der Waals surface area (Å²) in [5.74, 6) is 1.21. The van der Waals surface area contributed by atoms with Gasteiger partial charge in [0.1, 0.15) is 18.5 Å². The number of hydrogen-bond donors (Lipinski definition) is 2. The molecule has 2 atom stereocenters. The average molecular weight is 313 g/mol. The SMILES string of the molecule is Cc1cccc(C)c1OCC(O)CNC1CCS(=O)(=O)C1. The van der Waals surface area contributed by atoms with Gasteiger partial charge in [0.2, 0.25) is 0 Å². The van der Waals surface area contributed by atoms with Crippen LogP contribution >= 0.6 is 0 Å². The number of sulfone groups is 1. The predicted octanol–water partition coefficient (Wildman–Crippen LogP) is 0.820. The maximum Gasteiger partial charge on any atom is 0.151 e. The van der Waals surface area contributed by atoms with Crippen molar-refractivity contribution in [2.45, 2.75) is 32.4 Å². The molecule has 5 nitrogen and oxygen atoms in total. The number of hydrogen-bond acceptors (Lipinski definition) is 5. The van der Waals surface area contributed by atoms with Gasteiger partial charge < -0.3 is 15.2 Å². The molecule has 1 aromatic rings. The van der Waals surface area contributed by atoms with E-state index in [2.05, 4.69) is 5.32 Å². The summed E-state index contributed by atoms with van der Waals surface area (Å²) in [7, 11) is -2.89. The van der Waals surface area contributed by atoms with Crippen molar-refractivity contribution in [1.29, 1.82) is 0 Å². The Labute approximate surface area is 126 Å². The maximum atomic E-state index is 11.3. The third kappa shape index (κ3) is 4.69. The number of aliphatic hydroxyl groups excluding tert-OH is 1. The van der Waals surface area contributed by atoms with Gasteiger partial charge in [0.15, 0.2) is 9.84 Å². The lowest BCUT2D eigenvalue weighted by atomic mass is 10.1. The lowest BCUT2D eigenvalue weighted by Crippen LogP contribution is -2.38. The molecule has 1 aliphatic heterocycles. The van der Waals surface area contributed by atoms with Crippen molar-refractivity contribution in [2.75, 3.05) is 24.7 Å². The Hall–Kier alpha value is -1.11. The van der Waals surface area contributed by atoms with E-state index in [4.69, 9.17) is 4.74 Å². The zero-order valence-electron chi connectivity index (χ0n) is 12.5. The molecule has 6 heteroatoms. The monoisotopic (exact) mass is 313 g/mol. The Morgan fingerprint density at radius 2 is 2.05 bits per heavy atom. The first-order valence-corrected chi connectivity index (χ1v) is 9.00. The topological polar surface area (TPSA) is 75.6 Å². The molecule has 0 aliphatic carbocycles. The number of rotatable bonds is 6. The molecule has 118 valence electrons. The summed E-state index contributed by atoms with van der Waals surface area (Å²) in [5.41, 5.74) is 2.08. The third-order valence-electron chi connectivity index (χ3n) is 3.70. The van der Waals surface area contributed by atoms with Gasteiger partial charge in [-0.25, -0.2) is 8.42 Å². The first-order chi connectivity index (χ1) is 9.87. The molecule has 0 bridgehead atoms. The molecule has 1 saturated heterocycles. The zero-order chi connectivity index (χ0) is 15.5. The Bertz CT molecular complexity index is 565. The van der Waals surface area contributed by atoms with Crippen molar-refractivity contribution in [1.82, 2.24) is 5.32 Å². The van der Waals surface area contributed by atoms with Crippen molar-refractivity contribution in [3.05, 3.63) is 29.3 Å². The van der Waals surface area contributed by atoms with E-state index in [1.165, 1.54) is 0 Å². The molecule has 1 aliphatic rings. The molecule has 2 rings (SSSR count). The van der Waals surface area contributed by atoms with Gasteiger partial charge in [-0.1, -0.05) is 18.2 Å². The molecule has 0 amide bonds. The highest BCUT2D eigenvalue weighted by molar-refractivity contribution is 7.91. The zero-order valence-corrected chi connectivity index (χ0v) is 13.3. The number of nitrogens with one attached hydrogen (secondary N) is 1. The van der Waals surface area contributed by atoms with Gasteiger partial charge in [-0.2, -0.15) is 0 Å². The van der Waals surface area contributed by atoms with E-state index >= 15 is 0 Å². The van der Waals surface area contributed by atoms with Crippen LogP contribution in [0.4, 0.5) is 0 Å². The second kappa shape index (κ2) is 6.77. The molecular weight excluding hydrogens is 290 g/mol. The van der Waals surface area contributed by atoms with Crippen LogP contribution in [0.15, 0.2) is 18.2 Å². The highest BCUT2D eigenvalue weighted by atomic mass is 32.2. The van der Waals surface area contributed by atoms with Crippen LogP contribution in [0.2, 0.25) is 0 Å². The van der Waals surface area contributed by atoms with Gasteiger partial charge in [0, 0.05) is 12.6 Å². The molecule has 2 unspecified atom stereocenters. The van der Waals surface area contributed by atoms with Crippen LogP contribution in [0, 0.1) is 13.8 Å². The molecule has 21 heavy (non-hydrogen) atoms. The van der Waals surface area contributed by atoms with Gasteiger partial charge in [-0.15, -0.1) is 0 Å². The van der Waals surface area contributed by atoms with Crippen molar-refractivity contribution >= 4 is 9.84 Å². The summed E-state index contributed by atoms with van der Waals surface area (Å²) < 4.78 is 28.4. The van der Waals surface area contributed by atoms with Crippen molar-refractivity contribution in [3.63, 3.8) is 0 Å². The van der Waals surface area contributed by atoms with E-state index in [9.17, 15) is 13.5 Å². The van der Waals surface area contributed by atoms with Crippen molar-refractivity contribution in [3.8, 4) is 5.75 Å². The highest BCUT2D eigenvalue weighted by Gasteiger charge is 2.27. The molecule has 0 aromatic heterocycles. The molecule has 2 N–H and O–H groups in total. The molecule has 1 fully saturated rings. The van der Waals surface area contributed by atoms with Crippen LogP contribution < -0.4 is 10.1 Å². The molecule has 1 aromatic carbocycles. The first-order valence-electron chi connectivity index (χ1n) is 7.18. The number of ether oxygens (including phenoxy) is 1. The normalized spacial score (nSPS) is 22.1. The van der Waals surface area contributed by atoms with E-state index in [-0.39, 0.29) is 24.2 Å². The number of para-hydroxylation sites is 1. The number of aliphatic hydroxyl groups is 1. The average Bonchev–Trinajstić information content (AvgIpc) is 2.75. The van der Waals surface area contributed by atoms with Crippen molar-refractivity contribution < 1.29 is 18.3 Å². The van der Waals surface area contributed by atoms with Crippen LogP contribution in [0.1, 0.15) is 17.5 Å². The fourth-order valence-electron chi connectivity index (χ4n) is 2.52. The fourth-order valence-corrected chi connectivity index (χ4v) is 4.23. The van der Waals surface area contributed by atoms with E-state index in [1.807, 2.05) is 32.0 Å². The van der Waals surface area contributed by atoms with Crippen LogP contribution in [-0.4, -0.2) is 50.3 Å². The Balaban J connectivity index is 1.76. The second-order valence-electron chi connectivity index (χ2n) is 5.69. The Kier molecular flexibility index (Phi) is 5.24. The van der Waals surface area contributed by atoms with E-state index in [0.717, 1.165) is 16.9 Å². The lowest BCUT2D eigenvalue weighted by Gasteiger charge is -2.18. The molecule has 1 heterocycles.